The molecule has 2 rings (SSSR count). The molecule has 0 bridgehead atoms. The van der Waals surface area contributed by atoms with E-state index in [0.29, 0.717) is 18.9 Å². The minimum absolute atomic E-state index is 0.453. The number of oxazole rings is 1. The van der Waals surface area contributed by atoms with Gasteiger partial charge in [-0.3, -0.25) is 0 Å². The van der Waals surface area contributed by atoms with Gasteiger partial charge in [-0.25, -0.2) is 4.98 Å². The van der Waals surface area contributed by atoms with Crippen molar-refractivity contribution < 1.29 is 9.15 Å². The van der Waals surface area contributed by atoms with Gasteiger partial charge in [-0.2, -0.15) is 0 Å². The van der Waals surface area contributed by atoms with E-state index in [-0.39, 0.29) is 0 Å². The first kappa shape index (κ1) is 13.6. The van der Waals surface area contributed by atoms with Gasteiger partial charge in [-0.15, -0.1) is 0 Å². The maximum atomic E-state index is 5.60. The Morgan fingerprint density at radius 1 is 1.37 bits per heavy atom. The topological polar surface area (TPSA) is 61.3 Å². The number of nitrogens with zero attached hydrogens (tertiary/aromatic N) is 1. The summed E-state index contributed by atoms with van der Waals surface area (Å²) in [5.74, 6) is 2.06. The number of methoxy groups -OCH3 is 1. The van der Waals surface area contributed by atoms with Crippen LogP contribution in [-0.4, -0.2) is 18.6 Å². The molecule has 0 aliphatic rings. The van der Waals surface area contributed by atoms with Crippen molar-refractivity contribution in [1.82, 2.24) is 4.98 Å². The SMILES string of the molecule is COc1ccc(C(C)C)cc1-c1ncoc1CCN. The minimum atomic E-state index is 0.453. The summed E-state index contributed by atoms with van der Waals surface area (Å²) >= 11 is 0. The second kappa shape index (κ2) is 5.89. The zero-order chi connectivity index (χ0) is 13.8. The van der Waals surface area contributed by atoms with Crippen LogP contribution in [0.3, 0.4) is 0 Å². The first-order valence-corrected chi connectivity index (χ1v) is 6.48. The van der Waals surface area contributed by atoms with E-state index in [4.69, 9.17) is 14.9 Å². The maximum Gasteiger partial charge on any atom is 0.181 e. The summed E-state index contributed by atoms with van der Waals surface area (Å²) in [7, 11) is 1.66. The molecule has 2 N–H and O–H groups in total. The summed E-state index contributed by atoms with van der Waals surface area (Å²) in [6, 6.07) is 6.17. The fourth-order valence-corrected chi connectivity index (χ4v) is 2.07. The number of ether oxygens (including phenoxy) is 1. The van der Waals surface area contributed by atoms with Crippen molar-refractivity contribution >= 4 is 0 Å². The zero-order valence-electron chi connectivity index (χ0n) is 11.6. The predicted molar refractivity (Wildman–Crippen MR) is 75.3 cm³/mol. The van der Waals surface area contributed by atoms with Gasteiger partial charge in [0.05, 0.1) is 7.11 Å². The molecule has 4 heteroatoms. The Bertz CT molecular complexity index is 547. The molecule has 0 radical (unpaired) electrons. The smallest absolute Gasteiger partial charge is 0.181 e. The number of rotatable bonds is 5. The van der Waals surface area contributed by atoms with Crippen molar-refractivity contribution in [1.29, 1.82) is 0 Å². The number of hydrogen-bond acceptors (Lipinski definition) is 4. The van der Waals surface area contributed by atoms with Crippen LogP contribution >= 0.6 is 0 Å². The van der Waals surface area contributed by atoms with Gasteiger partial charge >= 0.3 is 0 Å². The van der Waals surface area contributed by atoms with E-state index in [9.17, 15) is 0 Å². The van der Waals surface area contributed by atoms with Crippen molar-refractivity contribution in [3.05, 3.63) is 35.9 Å². The molecule has 1 aromatic carbocycles. The lowest BCUT2D eigenvalue weighted by Gasteiger charge is -2.12. The molecular weight excluding hydrogens is 240 g/mol. The Labute approximate surface area is 113 Å². The average Bonchev–Trinajstić information content (AvgIpc) is 2.86. The first-order chi connectivity index (χ1) is 9.17. The molecule has 19 heavy (non-hydrogen) atoms. The van der Waals surface area contributed by atoms with E-state index in [1.807, 2.05) is 6.07 Å². The third-order valence-corrected chi connectivity index (χ3v) is 3.16. The van der Waals surface area contributed by atoms with Gasteiger partial charge in [0.15, 0.2) is 6.39 Å². The highest BCUT2D eigenvalue weighted by Gasteiger charge is 2.16. The predicted octanol–water partition coefficient (Wildman–Crippen LogP) is 2.97. The lowest BCUT2D eigenvalue weighted by molar-refractivity contribution is 0.416. The first-order valence-electron chi connectivity index (χ1n) is 6.48. The van der Waals surface area contributed by atoms with E-state index in [2.05, 4.69) is 31.0 Å². The lowest BCUT2D eigenvalue weighted by atomic mass is 9.98. The number of nitrogens with two attached hydrogens (primary N) is 1. The quantitative estimate of drug-likeness (QED) is 0.897. The Balaban J connectivity index is 2.52. The van der Waals surface area contributed by atoms with Gasteiger partial charge < -0.3 is 14.9 Å². The molecule has 0 aliphatic carbocycles. The van der Waals surface area contributed by atoms with Gasteiger partial charge in [0, 0.05) is 12.0 Å². The van der Waals surface area contributed by atoms with Crippen LogP contribution in [0.1, 0.15) is 31.1 Å². The Kier molecular flexibility index (Phi) is 4.22. The second-order valence-corrected chi connectivity index (χ2v) is 4.78. The van der Waals surface area contributed by atoms with Crippen molar-refractivity contribution in [3.8, 4) is 17.0 Å². The van der Waals surface area contributed by atoms with Crippen LogP contribution in [0, 0.1) is 0 Å². The fraction of sp³-hybridized carbons (Fsp3) is 0.400. The molecule has 1 heterocycles. The van der Waals surface area contributed by atoms with E-state index in [1.165, 1.54) is 12.0 Å². The van der Waals surface area contributed by atoms with Crippen molar-refractivity contribution in [2.45, 2.75) is 26.2 Å². The van der Waals surface area contributed by atoms with Crippen LogP contribution in [0.2, 0.25) is 0 Å². The molecule has 0 saturated carbocycles. The molecule has 0 atom stereocenters. The molecule has 0 aliphatic heterocycles. The van der Waals surface area contributed by atoms with Crippen molar-refractivity contribution in [2.24, 2.45) is 5.73 Å². The molecule has 0 saturated heterocycles. The van der Waals surface area contributed by atoms with Crippen LogP contribution in [0.5, 0.6) is 5.75 Å². The highest BCUT2D eigenvalue weighted by molar-refractivity contribution is 5.69. The summed E-state index contributed by atoms with van der Waals surface area (Å²) < 4.78 is 10.8. The summed E-state index contributed by atoms with van der Waals surface area (Å²) in [5.41, 5.74) is 8.63. The van der Waals surface area contributed by atoms with Gasteiger partial charge in [-0.1, -0.05) is 19.9 Å². The third-order valence-electron chi connectivity index (χ3n) is 3.16. The van der Waals surface area contributed by atoms with Crippen LogP contribution in [0.25, 0.3) is 11.3 Å². The Hall–Kier alpha value is -1.81. The molecule has 0 unspecified atom stereocenters. The maximum absolute atomic E-state index is 5.60. The van der Waals surface area contributed by atoms with Gasteiger partial charge in [-0.05, 0) is 30.2 Å². The summed E-state index contributed by atoms with van der Waals surface area (Å²) in [5, 5.41) is 0. The molecule has 0 spiro atoms. The summed E-state index contributed by atoms with van der Waals surface area (Å²) in [6.45, 7) is 4.86. The van der Waals surface area contributed by atoms with E-state index in [0.717, 1.165) is 22.8 Å². The molecule has 1 aromatic heterocycles. The Morgan fingerprint density at radius 2 is 2.16 bits per heavy atom. The lowest BCUT2D eigenvalue weighted by Crippen LogP contribution is -2.03. The molecule has 0 fully saturated rings. The largest absolute Gasteiger partial charge is 0.496 e. The fourth-order valence-electron chi connectivity index (χ4n) is 2.07. The van der Waals surface area contributed by atoms with Crippen LogP contribution in [0.4, 0.5) is 0 Å². The summed E-state index contributed by atoms with van der Waals surface area (Å²) in [4.78, 5) is 4.31. The normalized spacial score (nSPS) is 11.0. The summed E-state index contributed by atoms with van der Waals surface area (Å²) in [6.07, 6.45) is 2.13. The van der Waals surface area contributed by atoms with Crippen molar-refractivity contribution in [2.75, 3.05) is 13.7 Å². The molecule has 2 aromatic rings. The molecular formula is C15H20N2O2. The third kappa shape index (κ3) is 2.79. The van der Waals surface area contributed by atoms with Crippen LogP contribution in [0.15, 0.2) is 29.0 Å². The standard InChI is InChI=1S/C15H20N2O2/c1-10(2)11-4-5-13(18-3)12(8-11)15-14(6-7-16)19-9-17-15/h4-5,8-10H,6-7,16H2,1-3H3. The van der Waals surface area contributed by atoms with Gasteiger partial charge in [0.2, 0.25) is 0 Å². The number of benzene rings is 1. The van der Waals surface area contributed by atoms with Crippen LogP contribution in [-0.2, 0) is 6.42 Å². The average molecular weight is 260 g/mol. The monoisotopic (exact) mass is 260 g/mol. The number of aromatic nitrogens is 1. The molecule has 4 nitrogen and oxygen atoms in total. The zero-order valence-corrected chi connectivity index (χ0v) is 11.6. The van der Waals surface area contributed by atoms with Gasteiger partial charge in [0.1, 0.15) is 17.2 Å². The van der Waals surface area contributed by atoms with Gasteiger partial charge in [0.25, 0.3) is 0 Å². The molecule has 0 amide bonds. The Morgan fingerprint density at radius 3 is 2.79 bits per heavy atom. The second-order valence-electron chi connectivity index (χ2n) is 4.78. The van der Waals surface area contributed by atoms with E-state index >= 15 is 0 Å². The van der Waals surface area contributed by atoms with E-state index < -0.39 is 0 Å². The number of hydrogen-bond donors (Lipinski definition) is 1. The molecule has 102 valence electrons. The minimum Gasteiger partial charge on any atom is -0.496 e. The van der Waals surface area contributed by atoms with Crippen molar-refractivity contribution in [3.63, 3.8) is 0 Å². The highest BCUT2D eigenvalue weighted by Crippen LogP contribution is 2.34. The van der Waals surface area contributed by atoms with E-state index in [1.54, 1.807) is 7.11 Å². The highest BCUT2D eigenvalue weighted by atomic mass is 16.5. The van der Waals surface area contributed by atoms with Crippen LogP contribution < -0.4 is 10.5 Å².